The summed E-state index contributed by atoms with van der Waals surface area (Å²) in [6.07, 6.45) is 3.62. The number of benzene rings is 1. The molecule has 0 saturated carbocycles. The summed E-state index contributed by atoms with van der Waals surface area (Å²) in [6.45, 7) is 1.65. The molecule has 20 heavy (non-hydrogen) atoms. The van der Waals surface area contributed by atoms with E-state index in [0.29, 0.717) is 17.1 Å². The summed E-state index contributed by atoms with van der Waals surface area (Å²) < 4.78 is 1.65. The zero-order valence-electron chi connectivity index (χ0n) is 11.1. The molecule has 1 aromatic heterocycles. The number of rotatable bonds is 5. The second kappa shape index (κ2) is 6.54. The largest absolute Gasteiger partial charge is 0.393 e. The first-order valence-electron chi connectivity index (χ1n) is 6.34. The lowest BCUT2D eigenvalue weighted by molar-refractivity contribution is -0.116. The topological polar surface area (TPSA) is 67.2 Å². The number of hydrogen-bond donors (Lipinski definition) is 2. The van der Waals surface area contributed by atoms with Crippen molar-refractivity contribution in [2.24, 2.45) is 0 Å². The Morgan fingerprint density at radius 2 is 2.35 bits per heavy atom. The number of aliphatic hydroxyl groups excluding tert-OH is 1. The number of nitrogens with one attached hydrogen (secondary N) is 1. The van der Waals surface area contributed by atoms with Gasteiger partial charge in [-0.3, -0.25) is 4.79 Å². The van der Waals surface area contributed by atoms with E-state index in [0.717, 1.165) is 5.69 Å². The number of carbonyl (C=O) groups is 1. The van der Waals surface area contributed by atoms with Crippen LogP contribution in [0.2, 0.25) is 5.02 Å². The fourth-order valence-electron chi connectivity index (χ4n) is 1.77. The van der Waals surface area contributed by atoms with Crippen molar-refractivity contribution < 1.29 is 9.90 Å². The molecule has 6 heteroatoms. The smallest absolute Gasteiger partial charge is 0.224 e. The number of aromatic nitrogens is 2. The molecule has 2 aromatic rings. The third kappa shape index (κ3) is 3.82. The monoisotopic (exact) mass is 293 g/mol. The Labute approximate surface area is 122 Å². The molecule has 0 aliphatic rings. The summed E-state index contributed by atoms with van der Waals surface area (Å²) >= 11 is 5.97. The summed E-state index contributed by atoms with van der Waals surface area (Å²) in [5, 5.41) is 16.7. The Bertz CT molecular complexity index is 582. The number of anilines is 1. The van der Waals surface area contributed by atoms with Crippen LogP contribution in [-0.4, -0.2) is 26.9 Å². The maximum atomic E-state index is 11.9. The average molecular weight is 294 g/mol. The molecule has 1 heterocycles. The van der Waals surface area contributed by atoms with Crippen LogP contribution < -0.4 is 5.32 Å². The maximum absolute atomic E-state index is 11.9. The Morgan fingerprint density at radius 3 is 3.00 bits per heavy atom. The highest BCUT2D eigenvalue weighted by Gasteiger charge is 2.10. The number of hydrogen-bond acceptors (Lipinski definition) is 3. The van der Waals surface area contributed by atoms with Crippen molar-refractivity contribution in [1.29, 1.82) is 0 Å². The molecular formula is C14H16ClN3O2. The molecule has 5 nitrogen and oxygen atoms in total. The van der Waals surface area contributed by atoms with Gasteiger partial charge in [-0.05, 0) is 37.6 Å². The van der Waals surface area contributed by atoms with Gasteiger partial charge in [0.25, 0.3) is 0 Å². The van der Waals surface area contributed by atoms with Gasteiger partial charge in [-0.25, -0.2) is 4.68 Å². The lowest BCUT2D eigenvalue weighted by Gasteiger charge is -2.12. The van der Waals surface area contributed by atoms with Crippen LogP contribution in [0, 0.1) is 0 Å². The molecule has 0 spiro atoms. The highest BCUT2D eigenvalue weighted by Crippen LogP contribution is 2.24. The van der Waals surface area contributed by atoms with Gasteiger partial charge in [0.2, 0.25) is 5.91 Å². The Kier molecular flexibility index (Phi) is 4.76. The van der Waals surface area contributed by atoms with Crippen molar-refractivity contribution in [2.45, 2.75) is 25.9 Å². The number of nitrogens with zero attached hydrogens (tertiary/aromatic N) is 2. The van der Waals surface area contributed by atoms with Crippen molar-refractivity contribution in [3.63, 3.8) is 0 Å². The Hall–Kier alpha value is -1.85. The molecule has 1 aromatic carbocycles. The fraction of sp³-hybridized carbons (Fsp3) is 0.286. The van der Waals surface area contributed by atoms with Gasteiger partial charge >= 0.3 is 0 Å². The second-order valence-electron chi connectivity index (χ2n) is 4.55. The van der Waals surface area contributed by atoms with Crippen LogP contribution >= 0.6 is 11.6 Å². The quantitative estimate of drug-likeness (QED) is 0.890. The van der Waals surface area contributed by atoms with E-state index in [1.807, 2.05) is 0 Å². The summed E-state index contributed by atoms with van der Waals surface area (Å²) in [5.41, 5.74) is 1.33. The standard InChI is InChI=1S/C14H16ClN3O2/c1-10(19)3-6-14(20)17-12-9-11(15)4-5-13(12)18-8-2-7-16-18/h2,4-5,7-10,19H,3,6H2,1H3,(H,17,20). The van der Waals surface area contributed by atoms with E-state index in [2.05, 4.69) is 10.4 Å². The fourth-order valence-corrected chi connectivity index (χ4v) is 1.94. The normalized spacial score (nSPS) is 12.2. The molecular weight excluding hydrogens is 278 g/mol. The molecule has 1 amide bonds. The van der Waals surface area contributed by atoms with E-state index in [-0.39, 0.29) is 12.3 Å². The first kappa shape index (κ1) is 14.6. The first-order valence-corrected chi connectivity index (χ1v) is 6.71. The van der Waals surface area contributed by atoms with E-state index >= 15 is 0 Å². The maximum Gasteiger partial charge on any atom is 0.224 e. The molecule has 0 saturated heterocycles. The van der Waals surface area contributed by atoms with Crippen LogP contribution in [0.25, 0.3) is 5.69 Å². The van der Waals surface area contributed by atoms with E-state index in [1.165, 1.54) is 0 Å². The van der Waals surface area contributed by atoms with Crippen molar-refractivity contribution in [2.75, 3.05) is 5.32 Å². The molecule has 1 unspecified atom stereocenters. The Balaban J connectivity index is 2.18. The summed E-state index contributed by atoms with van der Waals surface area (Å²) in [4.78, 5) is 11.9. The van der Waals surface area contributed by atoms with Gasteiger partial charge in [0.05, 0.1) is 17.5 Å². The molecule has 106 valence electrons. The SMILES string of the molecule is CC(O)CCC(=O)Nc1cc(Cl)ccc1-n1cccn1. The highest BCUT2D eigenvalue weighted by molar-refractivity contribution is 6.31. The zero-order valence-corrected chi connectivity index (χ0v) is 11.8. The number of halogens is 1. The van der Waals surface area contributed by atoms with E-state index in [4.69, 9.17) is 11.6 Å². The van der Waals surface area contributed by atoms with Crippen molar-refractivity contribution in [1.82, 2.24) is 9.78 Å². The van der Waals surface area contributed by atoms with Gasteiger partial charge in [-0.1, -0.05) is 11.6 Å². The number of aliphatic hydroxyl groups is 1. The third-order valence-corrected chi connectivity index (χ3v) is 3.01. The molecule has 0 fully saturated rings. The first-order chi connectivity index (χ1) is 9.56. The van der Waals surface area contributed by atoms with E-state index < -0.39 is 6.10 Å². The van der Waals surface area contributed by atoms with Crippen LogP contribution in [0.15, 0.2) is 36.7 Å². The average Bonchev–Trinajstić information content (AvgIpc) is 2.90. The van der Waals surface area contributed by atoms with Gasteiger partial charge in [-0.15, -0.1) is 0 Å². The molecule has 0 aliphatic heterocycles. The highest BCUT2D eigenvalue weighted by atomic mass is 35.5. The zero-order chi connectivity index (χ0) is 14.5. The molecule has 0 radical (unpaired) electrons. The third-order valence-electron chi connectivity index (χ3n) is 2.77. The van der Waals surface area contributed by atoms with Gasteiger partial charge in [0.15, 0.2) is 0 Å². The van der Waals surface area contributed by atoms with Crippen molar-refractivity contribution in [3.05, 3.63) is 41.7 Å². The molecule has 1 atom stereocenters. The number of amides is 1. The molecule has 2 N–H and O–H groups in total. The van der Waals surface area contributed by atoms with Gasteiger partial charge in [-0.2, -0.15) is 5.10 Å². The lowest BCUT2D eigenvalue weighted by Crippen LogP contribution is -2.15. The van der Waals surface area contributed by atoms with Gasteiger partial charge in [0, 0.05) is 23.8 Å². The van der Waals surface area contributed by atoms with Crippen LogP contribution in [0.5, 0.6) is 0 Å². The minimum Gasteiger partial charge on any atom is -0.393 e. The predicted molar refractivity (Wildman–Crippen MR) is 78.1 cm³/mol. The molecule has 2 rings (SSSR count). The summed E-state index contributed by atoms with van der Waals surface area (Å²) in [6, 6.07) is 7.01. The molecule has 0 aliphatic carbocycles. The molecule has 0 bridgehead atoms. The predicted octanol–water partition coefficient (Wildman–Crippen LogP) is 2.63. The second-order valence-corrected chi connectivity index (χ2v) is 4.98. The van der Waals surface area contributed by atoms with Crippen LogP contribution in [0.3, 0.4) is 0 Å². The van der Waals surface area contributed by atoms with Crippen LogP contribution in [0.1, 0.15) is 19.8 Å². The minimum atomic E-state index is -0.495. The van der Waals surface area contributed by atoms with Crippen molar-refractivity contribution in [3.8, 4) is 5.69 Å². The summed E-state index contributed by atoms with van der Waals surface area (Å²) in [5.74, 6) is -0.165. The van der Waals surface area contributed by atoms with Crippen molar-refractivity contribution >= 4 is 23.2 Å². The number of carbonyl (C=O) groups excluding carboxylic acids is 1. The van der Waals surface area contributed by atoms with E-state index in [1.54, 1.807) is 48.3 Å². The van der Waals surface area contributed by atoms with Crippen LogP contribution in [0.4, 0.5) is 5.69 Å². The van der Waals surface area contributed by atoms with Crippen LogP contribution in [-0.2, 0) is 4.79 Å². The van der Waals surface area contributed by atoms with Gasteiger partial charge in [0.1, 0.15) is 0 Å². The lowest BCUT2D eigenvalue weighted by atomic mass is 10.2. The van der Waals surface area contributed by atoms with Gasteiger partial charge < -0.3 is 10.4 Å². The summed E-state index contributed by atoms with van der Waals surface area (Å²) in [7, 11) is 0. The minimum absolute atomic E-state index is 0.165. The Morgan fingerprint density at radius 1 is 1.55 bits per heavy atom. The van der Waals surface area contributed by atoms with E-state index in [9.17, 15) is 9.90 Å².